The Morgan fingerprint density at radius 2 is 0.616 bits per heavy atom. The molecule has 0 spiro atoms. The first-order chi connectivity index (χ1) is 60.4. The summed E-state index contributed by atoms with van der Waals surface area (Å²) in [4.78, 5) is 139. The van der Waals surface area contributed by atoms with Crippen LogP contribution in [0.1, 0.15) is 223 Å². The van der Waals surface area contributed by atoms with E-state index in [1.54, 1.807) is 66.1 Å². The van der Waals surface area contributed by atoms with Gasteiger partial charge in [0.2, 0.25) is 0 Å². The number of nitrogens with two attached hydrogens (primary N) is 4. The number of benzene rings is 4. The maximum atomic E-state index is 13.2. The number of piperidine rings is 4. The molecular weight excluding hydrogens is 1660 g/mol. The fourth-order valence-corrected chi connectivity index (χ4v) is 19.7. The Hall–Kier alpha value is -12.0. The van der Waals surface area contributed by atoms with Gasteiger partial charge in [0, 0.05) is 25.7 Å². The quantitative estimate of drug-likeness (QED) is 0.0508. The number of hydrogen-bond donors (Lipinski definition) is 10. The predicted octanol–water partition coefficient (Wildman–Crippen LogP) is 16.2. The van der Waals surface area contributed by atoms with Gasteiger partial charge in [-0.25, -0.2) is 44.7 Å². The summed E-state index contributed by atoms with van der Waals surface area (Å²) in [5.74, 6) is -0.651. The Labute approximate surface area is 738 Å². The smallest absolute Gasteiger partial charge is 0.394 e. The normalized spacial score (nSPS) is 21.0. The van der Waals surface area contributed by atoms with Crippen LogP contribution in [0.4, 0.5) is 46.0 Å². The molecule has 7 amide bonds. The largest absolute Gasteiger partial charge is 0.474 e. The zero-order chi connectivity index (χ0) is 87.3. The number of aromatic nitrogens is 8. The van der Waals surface area contributed by atoms with Crippen molar-refractivity contribution in [2.45, 2.75) is 178 Å². The summed E-state index contributed by atoms with van der Waals surface area (Å²) < 4.78 is 4.63. The summed E-state index contributed by atoms with van der Waals surface area (Å²) in [6.45, 7) is 11.5. The third-order valence-electron chi connectivity index (χ3n) is 24.5. The Balaban J connectivity index is 0.000000118. The first kappa shape index (κ1) is 86.5. The van der Waals surface area contributed by atoms with Gasteiger partial charge < -0.3 is 69.3 Å². The molecule has 648 valence electrons. The maximum absolute atomic E-state index is 13.2. The molecule has 8 atom stereocenters. The Morgan fingerprint density at radius 3 is 0.888 bits per heavy atom. The van der Waals surface area contributed by atoms with E-state index in [-0.39, 0.29) is 18.1 Å². The highest BCUT2D eigenvalue weighted by atomic mass is 32.1. The van der Waals surface area contributed by atoms with E-state index < -0.39 is 47.3 Å². The Morgan fingerprint density at radius 1 is 0.344 bits per heavy atom. The fourth-order valence-electron chi connectivity index (χ4n) is 17.0. The molecule has 8 aromatic heterocycles. The molecular formula is C92H102N20O9S4. The second-order valence-corrected chi connectivity index (χ2v) is 38.0. The van der Waals surface area contributed by atoms with E-state index in [1.807, 2.05) is 94.8 Å². The zero-order valence-corrected chi connectivity index (χ0v) is 73.3. The average molecular weight is 1760 g/mol. The molecule has 125 heavy (non-hydrogen) atoms. The number of fused-ring (bicyclic) bond motifs is 4. The van der Waals surface area contributed by atoms with Gasteiger partial charge in [0.25, 0.3) is 0 Å². The predicted molar refractivity (Wildman–Crippen MR) is 491 cm³/mol. The van der Waals surface area contributed by atoms with Crippen molar-refractivity contribution in [2.24, 2.45) is 23.7 Å². The van der Waals surface area contributed by atoms with Crippen LogP contribution in [0.2, 0.25) is 0 Å². The molecule has 0 bridgehead atoms. The van der Waals surface area contributed by atoms with Gasteiger partial charge in [0.1, 0.15) is 23.3 Å². The van der Waals surface area contributed by atoms with Crippen LogP contribution in [0.15, 0.2) is 144 Å². The van der Waals surface area contributed by atoms with Crippen molar-refractivity contribution in [3.8, 4) is 0 Å². The number of rotatable bonds is 12. The number of nitrogens with zero attached hydrogens (tertiary/aromatic N) is 11. The number of nitrogens with one attached hydrogen (secondary N) is 5. The summed E-state index contributed by atoms with van der Waals surface area (Å²) in [5, 5.41) is 22.5. The van der Waals surface area contributed by atoms with Crippen molar-refractivity contribution in [3.05, 3.63) is 188 Å². The maximum Gasteiger partial charge on any atom is 0.394 e. The van der Waals surface area contributed by atoms with E-state index in [1.165, 1.54) is 47.9 Å². The van der Waals surface area contributed by atoms with Gasteiger partial charge in [-0.3, -0.25) is 33.6 Å². The van der Waals surface area contributed by atoms with Gasteiger partial charge in [0.05, 0.1) is 129 Å². The number of likely N-dealkylation sites (tertiary alicyclic amines) is 3. The molecule has 33 heteroatoms. The van der Waals surface area contributed by atoms with Crippen LogP contribution < -0.4 is 49.5 Å². The van der Waals surface area contributed by atoms with Gasteiger partial charge in [-0.1, -0.05) is 52.0 Å². The summed E-state index contributed by atoms with van der Waals surface area (Å²) >= 11 is 6.49. The number of thiazole rings is 4. The number of carbonyl (C=O) groups excluding carboxylic acids is 7. The second-order valence-electron chi connectivity index (χ2n) is 34.4. The molecule has 8 fully saturated rings. The van der Waals surface area contributed by atoms with Crippen LogP contribution in [0, 0.1) is 23.7 Å². The molecule has 0 radical (unpaired) electrons. The molecule has 4 aliphatic heterocycles. The second kappa shape index (κ2) is 38.2. The Bertz CT molecular complexity index is 5600. The number of aliphatic carboxylic acids is 1. The van der Waals surface area contributed by atoms with Crippen LogP contribution in [0.25, 0.3) is 40.9 Å². The van der Waals surface area contributed by atoms with E-state index in [4.69, 9.17) is 28.0 Å². The number of carboxylic acid groups (broad SMARTS) is 1. The first-order valence-electron chi connectivity index (χ1n) is 42.9. The molecule has 4 saturated heterocycles. The average Bonchev–Trinajstić information content (AvgIpc) is 1.81. The lowest BCUT2D eigenvalue weighted by molar-refractivity contribution is -0.147. The van der Waals surface area contributed by atoms with Gasteiger partial charge >= 0.3 is 47.3 Å². The summed E-state index contributed by atoms with van der Waals surface area (Å²) in [6, 6.07) is 32.4. The van der Waals surface area contributed by atoms with Crippen LogP contribution in [-0.2, 0) is 38.4 Å². The molecule has 4 aromatic carbocycles. The number of carboxylic acids is 1. The van der Waals surface area contributed by atoms with E-state index in [0.717, 1.165) is 177 Å². The minimum Gasteiger partial charge on any atom is -0.474 e. The molecule has 4 saturated carbocycles. The van der Waals surface area contributed by atoms with Crippen molar-refractivity contribution in [1.82, 2.24) is 59.9 Å². The zero-order valence-electron chi connectivity index (χ0n) is 70.0. The number of pyridine rings is 4. The molecule has 8 aliphatic rings. The summed E-state index contributed by atoms with van der Waals surface area (Å²) in [5.41, 5.74) is 45.0. The SMILES string of the molecule is C[C@@H]1CC[C@@H](c2ccc3scnc3c2)N(C(=O)C(=O)Nc2cnc(N)c(C3CC3)c2)C1.C[C@@H]1CC[C@@H](c2ccc3scnc3c2)N(C(=O)C(=O)Nc2cnc(N)c(C3CC3)c2)C1.C[C@@H]1CC[C@@H](c2ccc3scnc3c2)NC1.C[C@H]1CC[C@H](c2ccc3scnc3c2)N(C(=O)C(=O)Nc2cnc(N)c(C3CC3)c2)C1.Nc1ncc(NC(=O)C(=O)O)cc1C1CC1. The highest BCUT2D eigenvalue weighted by Crippen LogP contribution is 2.47. The van der Waals surface area contributed by atoms with Crippen molar-refractivity contribution in [2.75, 3.05) is 70.4 Å². The number of anilines is 8. The Kier molecular flexibility index (Phi) is 26.4. The number of carbonyl (C=O) groups is 8. The summed E-state index contributed by atoms with van der Waals surface area (Å²) in [6.07, 6.45) is 22.6. The van der Waals surface area contributed by atoms with E-state index in [0.29, 0.717) is 113 Å². The lowest BCUT2D eigenvalue weighted by atomic mass is 9.89. The van der Waals surface area contributed by atoms with E-state index in [9.17, 15) is 38.4 Å². The molecule has 29 nitrogen and oxygen atoms in total. The first-order valence-corrected chi connectivity index (χ1v) is 46.4. The van der Waals surface area contributed by atoms with Crippen LogP contribution in [0.5, 0.6) is 0 Å². The number of nitrogen functional groups attached to an aromatic ring is 4. The van der Waals surface area contributed by atoms with Crippen molar-refractivity contribution >= 4 is 180 Å². The van der Waals surface area contributed by atoms with Gasteiger partial charge in [-0.15, -0.1) is 45.3 Å². The number of amides is 7. The fraction of sp³-hybridized carbons (Fsp3) is 0.391. The van der Waals surface area contributed by atoms with Crippen LogP contribution >= 0.6 is 45.3 Å². The van der Waals surface area contributed by atoms with Crippen molar-refractivity contribution < 1.29 is 43.5 Å². The van der Waals surface area contributed by atoms with E-state index in [2.05, 4.69) is 112 Å². The molecule has 4 aliphatic carbocycles. The van der Waals surface area contributed by atoms with Gasteiger partial charge in [0.15, 0.2) is 0 Å². The molecule has 12 heterocycles. The highest BCUT2D eigenvalue weighted by Gasteiger charge is 2.40. The topological polar surface area (TPSA) is 434 Å². The third kappa shape index (κ3) is 21.2. The highest BCUT2D eigenvalue weighted by molar-refractivity contribution is 7.17. The van der Waals surface area contributed by atoms with E-state index >= 15 is 0 Å². The summed E-state index contributed by atoms with van der Waals surface area (Å²) in [7, 11) is 0. The molecule has 12 aromatic rings. The molecule has 14 N–H and O–H groups in total. The van der Waals surface area contributed by atoms with Crippen LogP contribution in [0.3, 0.4) is 0 Å². The standard InChI is InChI=1S/3C23H25N5O2S.C13H16N2S.C10H11N3O3/c3*1-13-2-6-19(15-5-7-20-18(8-15)26-12-31-20)28(11-13)23(30)22(29)27-16-9-17(14-3-4-14)21(24)25-10-16;1-9-2-4-11(14-7-9)10-3-5-13-12(6-10)15-8-16-13;11-8-7(5-1-2-5)3-6(4-12-8)13-9(14)10(15)16/h3*5,7-10,12-14,19H,2-4,6,11H2,1H3,(H2,24,25)(H,27,29);3,5-6,8-9,11,14H,2,4,7H2,1H3;3-5H,1-2H2,(H2,11,12)(H,13,14)(H,15,16)/t3*13-,19+;9-,11+;/m1101./s1. The molecule has 0 unspecified atom stereocenters. The number of hydrogen-bond acceptors (Lipinski definition) is 25. The minimum absolute atomic E-state index is 0.132. The lowest BCUT2D eigenvalue weighted by Gasteiger charge is -2.38. The minimum atomic E-state index is -1.52. The van der Waals surface area contributed by atoms with Gasteiger partial charge in [-0.05, 0) is 274 Å². The van der Waals surface area contributed by atoms with Gasteiger partial charge in [-0.2, -0.15) is 0 Å². The van der Waals surface area contributed by atoms with Crippen molar-refractivity contribution in [3.63, 3.8) is 0 Å². The van der Waals surface area contributed by atoms with Crippen LogP contribution in [-0.4, -0.2) is 133 Å². The third-order valence-corrected chi connectivity index (χ3v) is 27.8. The van der Waals surface area contributed by atoms with Crippen molar-refractivity contribution in [1.29, 1.82) is 0 Å². The lowest BCUT2D eigenvalue weighted by Crippen LogP contribution is -2.46. The monoisotopic (exact) mass is 1760 g/mol. The molecule has 20 rings (SSSR count).